The molecule has 1 heteroatoms. The zero-order valence-corrected chi connectivity index (χ0v) is 8.01. The minimum Gasteiger partial charge on any atom is -0.382 e. The standard InChI is InChI=1S/C12H15N/c1-3-10-5-7-12-11(8-10)6-4-9(2)13-12/h3,5,7-9,13H,1,4,6H2,2H3/t9-/m0/s1. The van der Waals surface area contributed by atoms with Crippen molar-refractivity contribution in [3.63, 3.8) is 0 Å². The van der Waals surface area contributed by atoms with E-state index in [0.29, 0.717) is 6.04 Å². The van der Waals surface area contributed by atoms with Crippen molar-refractivity contribution in [2.24, 2.45) is 0 Å². The molecule has 0 aliphatic carbocycles. The van der Waals surface area contributed by atoms with E-state index in [1.54, 1.807) is 0 Å². The monoisotopic (exact) mass is 173 g/mol. The van der Waals surface area contributed by atoms with Crippen molar-refractivity contribution < 1.29 is 0 Å². The predicted molar refractivity (Wildman–Crippen MR) is 57.9 cm³/mol. The van der Waals surface area contributed by atoms with Gasteiger partial charge in [-0.15, -0.1) is 0 Å². The number of fused-ring (bicyclic) bond motifs is 1. The minimum atomic E-state index is 0.613. The van der Waals surface area contributed by atoms with Gasteiger partial charge in [0.25, 0.3) is 0 Å². The van der Waals surface area contributed by atoms with Gasteiger partial charge in [-0.25, -0.2) is 0 Å². The van der Waals surface area contributed by atoms with Crippen LogP contribution in [0.5, 0.6) is 0 Å². The molecule has 0 saturated carbocycles. The quantitative estimate of drug-likeness (QED) is 0.688. The maximum absolute atomic E-state index is 3.77. The summed E-state index contributed by atoms with van der Waals surface area (Å²) in [6.07, 6.45) is 4.32. The van der Waals surface area contributed by atoms with E-state index in [-0.39, 0.29) is 0 Å². The van der Waals surface area contributed by atoms with Crippen molar-refractivity contribution in [2.75, 3.05) is 5.32 Å². The van der Waals surface area contributed by atoms with E-state index in [0.717, 1.165) is 0 Å². The molecule has 2 rings (SSSR count). The van der Waals surface area contributed by atoms with Crippen molar-refractivity contribution in [3.8, 4) is 0 Å². The largest absolute Gasteiger partial charge is 0.382 e. The molecule has 0 aromatic heterocycles. The highest BCUT2D eigenvalue weighted by atomic mass is 14.9. The zero-order valence-electron chi connectivity index (χ0n) is 8.01. The van der Waals surface area contributed by atoms with Crippen LogP contribution in [0.25, 0.3) is 6.08 Å². The molecule has 0 spiro atoms. The van der Waals surface area contributed by atoms with Crippen molar-refractivity contribution in [3.05, 3.63) is 35.9 Å². The molecular formula is C12H15N. The molecule has 1 aromatic carbocycles. The minimum absolute atomic E-state index is 0.613. The lowest BCUT2D eigenvalue weighted by atomic mass is 9.97. The lowest BCUT2D eigenvalue weighted by Gasteiger charge is -2.24. The number of anilines is 1. The molecule has 1 heterocycles. The molecule has 0 radical (unpaired) electrons. The van der Waals surface area contributed by atoms with Gasteiger partial charge in [-0.1, -0.05) is 18.7 Å². The molecule has 1 aliphatic rings. The van der Waals surface area contributed by atoms with Crippen molar-refractivity contribution in [1.82, 2.24) is 0 Å². The molecule has 1 atom stereocenters. The Morgan fingerprint density at radius 1 is 1.54 bits per heavy atom. The normalized spacial score (nSPS) is 20.2. The van der Waals surface area contributed by atoms with Gasteiger partial charge in [0.15, 0.2) is 0 Å². The highest BCUT2D eigenvalue weighted by molar-refractivity contribution is 5.60. The van der Waals surface area contributed by atoms with Gasteiger partial charge < -0.3 is 5.32 Å². The molecule has 0 bridgehead atoms. The summed E-state index contributed by atoms with van der Waals surface area (Å²) in [6.45, 7) is 6.00. The van der Waals surface area contributed by atoms with Crippen LogP contribution in [0.3, 0.4) is 0 Å². The van der Waals surface area contributed by atoms with Gasteiger partial charge >= 0.3 is 0 Å². The van der Waals surface area contributed by atoms with E-state index in [1.807, 2.05) is 6.08 Å². The van der Waals surface area contributed by atoms with Gasteiger partial charge in [0.05, 0.1) is 0 Å². The SMILES string of the molecule is C=Cc1ccc2c(c1)CC[C@H](C)N2. The smallest absolute Gasteiger partial charge is 0.0375 e. The van der Waals surface area contributed by atoms with Gasteiger partial charge in [0.2, 0.25) is 0 Å². The number of hydrogen-bond donors (Lipinski definition) is 1. The van der Waals surface area contributed by atoms with E-state index < -0.39 is 0 Å². The van der Waals surface area contributed by atoms with Crippen LogP contribution in [0, 0.1) is 0 Å². The van der Waals surface area contributed by atoms with E-state index in [2.05, 4.69) is 37.0 Å². The lowest BCUT2D eigenvalue weighted by Crippen LogP contribution is -2.21. The van der Waals surface area contributed by atoms with Gasteiger partial charge in [0, 0.05) is 11.7 Å². The first-order valence-corrected chi connectivity index (χ1v) is 4.81. The van der Waals surface area contributed by atoms with Crippen LogP contribution >= 0.6 is 0 Å². The topological polar surface area (TPSA) is 12.0 Å². The van der Waals surface area contributed by atoms with Gasteiger partial charge in [0.1, 0.15) is 0 Å². The molecule has 0 unspecified atom stereocenters. The zero-order chi connectivity index (χ0) is 9.26. The first-order valence-electron chi connectivity index (χ1n) is 4.81. The fourth-order valence-electron chi connectivity index (χ4n) is 1.80. The number of hydrogen-bond acceptors (Lipinski definition) is 1. The molecule has 68 valence electrons. The van der Waals surface area contributed by atoms with Crippen molar-refractivity contribution >= 4 is 11.8 Å². The third-order valence-electron chi connectivity index (χ3n) is 2.61. The second kappa shape index (κ2) is 3.25. The van der Waals surface area contributed by atoms with Gasteiger partial charge in [-0.3, -0.25) is 0 Å². The van der Waals surface area contributed by atoms with Crippen LogP contribution in [-0.4, -0.2) is 6.04 Å². The third-order valence-corrected chi connectivity index (χ3v) is 2.61. The number of benzene rings is 1. The highest BCUT2D eigenvalue weighted by Crippen LogP contribution is 2.25. The Kier molecular flexibility index (Phi) is 2.09. The van der Waals surface area contributed by atoms with E-state index in [9.17, 15) is 0 Å². The molecule has 0 amide bonds. The summed E-state index contributed by atoms with van der Waals surface area (Å²) in [7, 11) is 0. The number of aryl methyl sites for hydroxylation is 1. The summed E-state index contributed by atoms with van der Waals surface area (Å²) in [5.41, 5.74) is 3.94. The molecule has 1 aromatic rings. The summed E-state index contributed by atoms with van der Waals surface area (Å²) in [4.78, 5) is 0. The fraction of sp³-hybridized carbons (Fsp3) is 0.333. The van der Waals surface area contributed by atoms with Gasteiger partial charge in [-0.05, 0) is 43.0 Å². The average Bonchev–Trinajstić information content (AvgIpc) is 2.17. The van der Waals surface area contributed by atoms with Crippen LogP contribution in [-0.2, 0) is 6.42 Å². The summed E-state index contributed by atoms with van der Waals surface area (Å²) in [5, 5.41) is 3.48. The summed E-state index contributed by atoms with van der Waals surface area (Å²) >= 11 is 0. The Bertz CT molecular complexity index is 328. The number of nitrogens with one attached hydrogen (secondary N) is 1. The lowest BCUT2D eigenvalue weighted by molar-refractivity contribution is 0.681. The van der Waals surface area contributed by atoms with Gasteiger partial charge in [-0.2, -0.15) is 0 Å². The summed E-state index contributed by atoms with van der Waals surface area (Å²) in [5.74, 6) is 0. The first-order chi connectivity index (χ1) is 6.29. The molecule has 1 aliphatic heterocycles. The maximum Gasteiger partial charge on any atom is 0.0375 e. The third kappa shape index (κ3) is 1.59. The Balaban J connectivity index is 2.36. The summed E-state index contributed by atoms with van der Waals surface area (Å²) in [6, 6.07) is 7.10. The molecule has 1 nitrogen and oxygen atoms in total. The molecular weight excluding hydrogens is 158 g/mol. The average molecular weight is 173 g/mol. The Labute approximate surface area is 79.5 Å². The summed E-state index contributed by atoms with van der Waals surface area (Å²) < 4.78 is 0. The molecule has 1 N–H and O–H groups in total. The Morgan fingerprint density at radius 2 is 2.38 bits per heavy atom. The van der Waals surface area contributed by atoms with E-state index in [4.69, 9.17) is 0 Å². The number of rotatable bonds is 1. The van der Waals surface area contributed by atoms with Crippen LogP contribution in [0.1, 0.15) is 24.5 Å². The van der Waals surface area contributed by atoms with E-state index >= 15 is 0 Å². The predicted octanol–water partition coefficient (Wildman–Crippen LogP) is 3.08. The van der Waals surface area contributed by atoms with Crippen LogP contribution in [0.2, 0.25) is 0 Å². The van der Waals surface area contributed by atoms with Crippen LogP contribution in [0.4, 0.5) is 5.69 Å². The highest BCUT2D eigenvalue weighted by Gasteiger charge is 2.13. The van der Waals surface area contributed by atoms with Crippen LogP contribution < -0.4 is 5.32 Å². The van der Waals surface area contributed by atoms with Crippen molar-refractivity contribution in [1.29, 1.82) is 0 Å². The fourth-order valence-corrected chi connectivity index (χ4v) is 1.80. The second-order valence-electron chi connectivity index (χ2n) is 3.70. The second-order valence-corrected chi connectivity index (χ2v) is 3.70. The van der Waals surface area contributed by atoms with Crippen molar-refractivity contribution in [2.45, 2.75) is 25.8 Å². The van der Waals surface area contributed by atoms with E-state index in [1.165, 1.54) is 29.7 Å². The maximum atomic E-state index is 3.77. The molecule has 0 saturated heterocycles. The Morgan fingerprint density at radius 3 is 3.15 bits per heavy atom. The molecule has 13 heavy (non-hydrogen) atoms. The Hall–Kier alpha value is -1.24. The molecule has 0 fully saturated rings. The first kappa shape index (κ1) is 8.36. The van der Waals surface area contributed by atoms with Crippen LogP contribution in [0.15, 0.2) is 24.8 Å².